The van der Waals surface area contributed by atoms with Crippen LogP contribution in [0.2, 0.25) is 0 Å². The van der Waals surface area contributed by atoms with Crippen LogP contribution in [0.3, 0.4) is 0 Å². The van der Waals surface area contributed by atoms with Gasteiger partial charge in [-0.15, -0.1) is 0 Å². The van der Waals surface area contributed by atoms with E-state index in [1.807, 2.05) is 47.5 Å². The van der Waals surface area contributed by atoms with E-state index in [2.05, 4.69) is 17.1 Å². The lowest BCUT2D eigenvalue weighted by Gasteiger charge is -2.32. The zero-order valence-corrected chi connectivity index (χ0v) is 17.9. The van der Waals surface area contributed by atoms with E-state index in [0.717, 1.165) is 59.3 Å². The number of aromatic amines is 1. The number of hydrogen-bond donors (Lipinski definition) is 1. The van der Waals surface area contributed by atoms with Gasteiger partial charge in [0.1, 0.15) is 5.82 Å². The quantitative estimate of drug-likeness (QED) is 0.473. The number of likely N-dealkylation sites (tertiary alicyclic amines) is 1. The molecule has 1 aliphatic heterocycles. The number of fused-ring (bicyclic) bond motifs is 1. The molecule has 1 saturated heterocycles. The van der Waals surface area contributed by atoms with Crippen molar-refractivity contribution in [3.8, 4) is 0 Å². The third kappa shape index (κ3) is 4.42. The van der Waals surface area contributed by atoms with Crippen LogP contribution in [0.25, 0.3) is 10.9 Å². The van der Waals surface area contributed by atoms with E-state index in [0.29, 0.717) is 18.8 Å². The molecule has 1 amide bonds. The van der Waals surface area contributed by atoms with E-state index in [1.54, 1.807) is 12.1 Å². The Morgan fingerprint density at radius 2 is 1.84 bits per heavy atom. The monoisotopic (exact) mass is 427 g/mol. The summed E-state index contributed by atoms with van der Waals surface area (Å²) >= 11 is 0. The van der Waals surface area contributed by atoms with Crippen LogP contribution in [0.4, 0.5) is 4.39 Å². The molecule has 4 aromatic rings. The number of rotatable bonds is 5. The summed E-state index contributed by atoms with van der Waals surface area (Å²) in [4.78, 5) is 23.0. The van der Waals surface area contributed by atoms with Crippen molar-refractivity contribution in [1.29, 1.82) is 0 Å². The van der Waals surface area contributed by atoms with Crippen LogP contribution in [0.1, 0.15) is 41.3 Å². The zero-order valence-electron chi connectivity index (χ0n) is 17.9. The Balaban J connectivity index is 1.20. The van der Waals surface area contributed by atoms with Gasteiger partial charge < -0.3 is 9.88 Å². The number of halogens is 1. The van der Waals surface area contributed by atoms with Crippen molar-refractivity contribution in [1.82, 2.24) is 14.9 Å². The van der Waals surface area contributed by atoms with Gasteiger partial charge in [0.15, 0.2) is 0 Å². The SMILES string of the molecule is O=C(Cc1c[nH]c2ccccc12)N1CCC(c2cccc(Cc3cccc(F)c3)n2)CC1. The topological polar surface area (TPSA) is 49.0 Å². The molecule has 4 nitrogen and oxygen atoms in total. The second-order valence-electron chi connectivity index (χ2n) is 8.55. The lowest BCUT2D eigenvalue weighted by atomic mass is 9.92. The van der Waals surface area contributed by atoms with Gasteiger partial charge in [-0.2, -0.15) is 0 Å². The Morgan fingerprint density at radius 3 is 2.69 bits per heavy atom. The molecule has 1 N–H and O–H groups in total. The van der Waals surface area contributed by atoms with Gasteiger partial charge in [-0.3, -0.25) is 9.78 Å². The Labute approximate surface area is 187 Å². The normalized spacial score (nSPS) is 14.7. The third-order valence-corrected chi connectivity index (χ3v) is 6.39. The molecule has 0 bridgehead atoms. The van der Waals surface area contributed by atoms with Gasteiger partial charge in [-0.25, -0.2) is 4.39 Å². The fourth-order valence-corrected chi connectivity index (χ4v) is 4.66. The van der Waals surface area contributed by atoms with Crippen molar-refractivity contribution in [2.24, 2.45) is 0 Å². The maximum atomic E-state index is 13.5. The van der Waals surface area contributed by atoms with E-state index in [4.69, 9.17) is 4.98 Å². The number of aromatic nitrogens is 2. The second-order valence-corrected chi connectivity index (χ2v) is 8.55. The average molecular weight is 428 g/mol. The minimum absolute atomic E-state index is 0.181. The molecule has 5 rings (SSSR count). The number of amides is 1. The zero-order chi connectivity index (χ0) is 21.9. The molecule has 3 heterocycles. The summed E-state index contributed by atoms with van der Waals surface area (Å²) in [6, 6.07) is 20.9. The molecular weight excluding hydrogens is 401 g/mol. The summed E-state index contributed by atoms with van der Waals surface area (Å²) < 4.78 is 13.5. The lowest BCUT2D eigenvalue weighted by molar-refractivity contribution is -0.131. The molecule has 2 aromatic heterocycles. The molecule has 5 heteroatoms. The van der Waals surface area contributed by atoms with Crippen LogP contribution in [0.15, 0.2) is 72.9 Å². The van der Waals surface area contributed by atoms with Gasteiger partial charge in [0.05, 0.1) is 6.42 Å². The van der Waals surface area contributed by atoms with Crippen molar-refractivity contribution >= 4 is 16.8 Å². The predicted octanol–water partition coefficient (Wildman–Crippen LogP) is 5.24. The number of piperidine rings is 1. The average Bonchev–Trinajstić information content (AvgIpc) is 3.22. The van der Waals surface area contributed by atoms with Gasteiger partial charge in [0.25, 0.3) is 0 Å². The van der Waals surface area contributed by atoms with E-state index < -0.39 is 0 Å². The summed E-state index contributed by atoms with van der Waals surface area (Å²) in [6.45, 7) is 1.50. The highest BCUT2D eigenvalue weighted by Gasteiger charge is 2.25. The largest absolute Gasteiger partial charge is 0.361 e. The number of carbonyl (C=O) groups excluding carboxylic acids is 1. The molecule has 0 spiro atoms. The lowest BCUT2D eigenvalue weighted by Crippen LogP contribution is -2.38. The van der Waals surface area contributed by atoms with E-state index in [-0.39, 0.29) is 11.7 Å². The molecule has 0 saturated carbocycles. The molecule has 0 aliphatic carbocycles. The van der Waals surface area contributed by atoms with Gasteiger partial charge >= 0.3 is 0 Å². The van der Waals surface area contributed by atoms with E-state index in [9.17, 15) is 9.18 Å². The predicted molar refractivity (Wildman–Crippen MR) is 124 cm³/mol. The summed E-state index contributed by atoms with van der Waals surface area (Å²) in [7, 11) is 0. The summed E-state index contributed by atoms with van der Waals surface area (Å²) in [5.74, 6) is 0.309. The maximum Gasteiger partial charge on any atom is 0.227 e. The molecule has 0 radical (unpaired) electrons. The number of para-hydroxylation sites is 1. The fraction of sp³-hybridized carbons (Fsp3) is 0.259. The minimum atomic E-state index is -0.219. The first-order valence-electron chi connectivity index (χ1n) is 11.2. The highest BCUT2D eigenvalue weighted by Crippen LogP contribution is 2.28. The highest BCUT2D eigenvalue weighted by atomic mass is 19.1. The molecule has 162 valence electrons. The van der Waals surface area contributed by atoms with Crippen molar-refractivity contribution in [2.75, 3.05) is 13.1 Å². The van der Waals surface area contributed by atoms with Crippen LogP contribution in [-0.4, -0.2) is 33.9 Å². The molecule has 0 atom stereocenters. The Bertz CT molecular complexity index is 1240. The van der Waals surface area contributed by atoms with Gasteiger partial charge in [-0.1, -0.05) is 36.4 Å². The number of benzene rings is 2. The Hall–Kier alpha value is -3.47. The molecule has 0 unspecified atom stereocenters. The third-order valence-electron chi connectivity index (χ3n) is 6.39. The van der Waals surface area contributed by atoms with E-state index in [1.165, 1.54) is 6.07 Å². The molecule has 1 fully saturated rings. The van der Waals surface area contributed by atoms with Gasteiger partial charge in [0.2, 0.25) is 5.91 Å². The fourth-order valence-electron chi connectivity index (χ4n) is 4.66. The Kier molecular flexibility index (Phi) is 5.71. The molecular formula is C27H26FN3O. The van der Waals surface area contributed by atoms with Crippen molar-refractivity contribution in [3.63, 3.8) is 0 Å². The smallest absolute Gasteiger partial charge is 0.227 e. The first kappa shape index (κ1) is 20.4. The minimum Gasteiger partial charge on any atom is -0.361 e. The molecule has 2 aromatic carbocycles. The number of nitrogens with one attached hydrogen (secondary N) is 1. The van der Waals surface area contributed by atoms with E-state index >= 15 is 0 Å². The summed E-state index contributed by atoms with van der Waals surface area (Å²) in [5, 5.41) is 1.12. The van der Waals surface area contributed by atoms with Crippen molar-refractivity contribution in [2.45, 2.75) is 31.6 Å². The number of carbonyl (C=O) groups is 1. The van der Waals surface area contributed by atoms with Crippen LogP contribution in [-0.2, 0) is 17.6 Å². The first-order valence-corrected chi connectivity index (χ1v) is 11.2. The maximum absolute atomic E-state index is 13.5. The van der Waals surface area contributed by atoms with Crippen molar-refractivity contribution in [3.05, 3.63) is 101 Å². The summed E-state index contributed by atoms with van der Waals surface area (Å²) in [6.07, 6.45) is 4.82. The van der Waals surface area contributed by atoms with Gasteiger partial charge in [0, 0.05) is 53.9 Å². The van der Waals surface area contributed by atoms with Crippen LogP contribution in [0.5, 0.6) is 0 Å². The number of nitrogens with zero attached hydrogens (tertiary/aromatic N) is 2. The highest BCUT2D eigenvalue weighted by molar-refractivity contribution is 5.88. The van der Waals surface area contributed by atoms with Crippen molar-refractivity contribution < 1.29 is 9.18 Å². The standard InChI is InChI=1S/C27H26FN3O/c28-22-6-3-5-19(15-22)16-23-7-4-10-25(30-23)20-11-13-31(14-12-20)27(32)17-21-18-29-26-9-2-1-8-24(21)26/h1-10,15,18,20,29H,11-14,16-17H2. The first-order chi connectivity index (χ1) is 15.7. The van der Waals surface area contributed by atoms with Crippen LogP contribution >= 0.6 is 0 Å². The van der Waals surface area contributed by atoms with Crippen LogP contribution in [0, 0.1) is 5.82 Å². The number of H-pyrrole nitrogens is 1. The number of pyridine rings is 1. The summed E-state index contributed by atoms with van der Waals surface area (Å²) in [5.41, 5.74) is 5.07. The molecule has 32 heavy (non-hydrogen) atoms. The molecule has 1 aliphatic rings. The van der Waals surface area contributed by atoms with Crippen LogP contribution < -0.4 is 0 Å². The van der Waals surface area contributed by atoms with Gasteiger partial charge in [-0.05, 0) is 54.3 Å². The number of hydrogen-bond acceptors (Lipinski definition) is 2. The Morgan fingerprint density at radius 1 is 1.03 bits per heavy atom. The second kappa shape index (κ2) is 8.95.